The number of aromatic nitrogens is 2. The molecular formula is C17H13N2O2+. The van der Waals surface area contributed by atoms with E-state index in [1.807, 2.05) is 47.3 Å². The number of carbonyl (C=O) groups is 1. The van der Waals surface area contributed by atoms with Crippen molar-refractivity contribution in [2.75, 3.05) is 0 Å². The summed E-state index contributed by atoms with van der Waals surface area (Å²) in [6, 6.07) is 14.7. The molecular weight excluding hydrogens is 264 g/mol. The highest BCUT2D eigenvalue weighted by atomic mass is 16.4. The first-order chi connectivity index (χ1) is 10.2. The molecule has 3 aromatic rings. The molecule has 0 aliphatic rings. The Balaban J connectivity index is 1.94. The van der Waals surface area contributed by atoms with Crippen molar-refractivity contribution in [1.82, 2.24) is 4.98 Å². The standard InChI is InChI=1S/C17H12N2O2/c20-17(21)15-2-1-3-16(12-15)19-10-6-14(7-11-19)13-4-8-18-9-5-13/h1-12H/p+1. The monoisotopic (exact) mass is 277 g/mol. The topological polar surface area (TPSA) is 54.1 Å². The molecule has 21 heavy (non-hydrogen) atoms. The molecule has 0 unspecified atom stereocenters. The highest BCUT2D eigenvalue weighted by Crippen LogP contribution is 2.16. The first-order valence-corrected chi connectivity index (χ1v) is 6.49. The lowest BCUT2D eigenvalue weighted by molar-refractivity contribution is -0.595. The Bertz CT molecular complexity index is 768. The van der Waals surface area contributed by atoms with Gasteiger partial charge in [0.15, 0.2) is 12.4 Å². The Kier molecular flexibility index (Phi) is 3.43. The van der Waals surface area contributed by atoms with Crippen LogP contribution in [0.4, 0.5) is 0 Å². The van der Waals surface area contributed by atoms with Crippen LogP contribution in [0.25, 0.3) is 16.8 Å². The van der Waals surface area contributed by atoms with Crippen molar-refractivity contribution in [2.24, 2.45) is 0 Å². The van der Waals surface area contributed by atoms with Gasteiger partial charge in [-0.1, -0.05) is 6.07 Å². The minimum Gasteiger partial charge on any atom is -0.478 e. The second-order valence-corrected chi connectivity index (χ2v) is 4.59. The summed E-state index contributed by atoms with van der Waals surface area (Å²) in [4.78, 5) is 15.0. The number of rotatable bonds is 3. The van der Waals surface area contributed by atoms with E-state index in [2.05, 4.69) is 4.98 Å². The summed E-state index contributed by atoms with van der Waals surface area (Å²) in [5.41, 5.74) is 3.27. The first-order valence-electron chi connectivity index (χ1n) is 6.49. The van der Waals surface area contributed by atoms with Gasteiger partial charge in [-0.15, -0.1) is 0 Å². The van der Waals surface area contributed by atoms with Crippen molar-refractivity contribution in [1.29, 1.82) is 0 Å². The van der Waals surface area contributed by atoms with Crippen molar-refractivity contribution in [3.05, 3.63) is 78.9 Å². The zero-order chi connectivity index (χ0) is 14.7. The van der Waals surface area contributed by atoms with Gasteiger partial charge in [0, 0.05) is 36.7 Å². The van der Waals surface area contributed by atoms with Gasteiger partial charge in [-0.2, -0.15) is 4.57 Å². The maximum absolute atomic E-state index is 11.0. The quantitative estimate of drug-likeness (QED) is 0.749. The van der Waals surface area contributed by atoms with Crippen LogP contribution in [0.1, 0.15) is 10.4 Å². The van der Waals surface area contributed by atoms with Crippen molar-refractivity contribution in [3.8, 4) is 16.8 Å². The fourth-order valence-electron chi connectivity index (χ4n) is 2.13. The van der Waals surface area contributed by atoms with Crippen LogP contribution in [0.3, 0.4) is 0 Å². The number of pyridine rings is 2. The average molecular weight is 277 g/mol. The van der Waals surface area contributed by atoms with Crippen LogP contribution < -0.4 is 4.57 Å². The smallest absolute Gasteiger partial charge is 0.335 e. The van der Waals surface area contributed by atoms with Gasteiger partial charge < -0.3 is 5.11 Å². The molecule has 0 amide bonds. The molecule has 0 radical (unpaired) electrons. The van der Waals surface area contributed by atoms with Crippen LogP contribution in [0, 0.1) is 0 Å². The van der Waals surface area contributed by atoms with E-state index in [4.69, 9.17) is 5.11 Å². The third-order valence-electron chi connectivity index (χ3n) is 3.23. The highest BCUT2D eigenvalue weighted by Gasteiger charge is 2.10. The van der Waals surface area contributed by atoms with Crippen LogP contribution in [0.15, 0.2) is 73.3 Å². The van der Waals surface area contributed by atoms with E-state index in [-0.39, 0.29) is 5.56 Å². The molecule has 1 aromatic carbocycles. The number of benzene rings is 1. The van der Waals surface area contributed by atoms with Gasteiger partial charge in [-0.05, 0) is 29.3 Å². The van der Waals surface area contributed by atoms with Crippen LogP contribution in [-0.4, -0.2) is 16.1 Å². The molecule has 0 atom stereocenters. The SMILES string of the molecule is O=C(O)c1cccc(-[n+]2ccc(-c3ccncc3)cc2)c1. The second kappa shape index (κ2) is 5.54. The van der Waals surface area contributed by atoms with Crippen molar-refractivity contribution >= 4 is 5.97 Å². The Hall–Kier alpha value is -3.01. The Labute approximate surface area is 122 Å². The second-order valence-electron chi connectivity index (χ2n) is 4.59. The number of nitrogens with zero attached hydrogens (tertiary/aromatic N) is 2. The summed E-state index contributed by atoms with van der Waals surface area (Å²) in [5.74, 6) is -0.925. The molecule has 0 fully saturated rings. The molecule has 3 rings (SSSR count). The lowest BCUT2D eigenvalue weighted by Gasteiger charge is -2.01. The largest absolute Gasteiger partial charge is 0.478 e. The lowest BCUT2D eigenvalue weighted by atomic mass is 10.1. The van der Waals surface area contributed by atoms with Crippen LogP contribution >= 0.6 is 0 Å². The molecule has 0 aliphatic heterocycles. The molecule has 1 N–H and O–H groups in total. The van der Waals surface area contributed by atoms with Gasteiger partial charge >= 0.3 is 5.97 Å². The van der Waals surface area contributed by atoms with Gasteiger partial charge in [-0.3, -0.25) is 4.98 Å². The molecule has 4 nitrogen and oxygen atoms in total. The van der Waals surface area contributed by atoms with Crippen molar-refractivity contribution in [2.45, 2.75) is 0 Å². The molecule has 4 heteroatoms. The molecule has 0 saturated heterocycles. The molecule has 102 valence electrons. The van der Waals surface area contributed by atoms with Crippen molar-refractivity contribution in [3.63, 3.8) is 0 Å². The molecule has 0 aliphatic carbocycles. The summed E-state index contributed by atoms with van der Waals surface area (Å²) in [7, 11) is 0. The summed E-state index contributed by atoms with van der Waals surface area (Å²) in [6.45, 7) is 0. The predicted octanol–water partition coefficient (Wildman–Crippen LogP) is 2.72. The first kappa shape index (κ1) is 13.0. The molecule has 0 spiro atoms. The zero-order valence-electron chi connectivity index (χ0n) is 11.2. The van der Waals surface area contributed by atoms with Crippen molar-refractivity contribution < 1.29 is 14.5 Å². The average Bonchev–Trinajstić information content (AvgIpc) is 2.56. The molecule has 2 heterocycles. The van der Waals surface area contributed by atoms with E-state index in [0.29, 0.717) is 0 Å². The minimum atomic E-state index is -0.925. The number of carboxylic acids is 1. The fraction of sp³-hybridized carbons (Fsp3) is 0. The van der Waals surface area contributed by atoms with Crippen LogP contribution in [0.5, 0.6) is 0 Å². The summed E-state index contributed by atoms with van der Waals surface area (Å²) in [6.07, 6.45) is 7.34. The fourth-order valence-corrected chi connectivity index (χ4v) is 2.13. The van der Waals surface area contributed by atoms with Gasteiger partial charge in [0.1, 0.15) is 0 Å². The number of hydrogen-bond acceptors (Lipinski definition) is 2. The minimum absolute atomic E-state index is 0.276. The number of carboxylic acid groups (broad SMARTS) is 1. The number of hydrogen-bond donors (Lipinski definition) is 1. The number of aromatic carboxylic acids is 1. The van der Waals surface area contributed by atoms with E-state index in [9.17, 15) is 4.79 Å². The third-order valence-corrected chi connectivity index (χ3v) is 3.23. The maximum atomic E-state index is 11.0. The molecule has 2 aromatic heterocycles. The van der Waals surface area contributed by atoms with Crippen LogP contribution in [0.2, 0.25) is 0 Å². The molecule has 0 bridgehead atoms. The maximum Gasteiger partial charge on any atom is 0.335 e. The van der Waals surface area contributed by atoms with Gasteiger partial charge in [-0.25, -0.2) is 4.79 Å². The van der Waals surface area contributed by atoms with E-state index in [1.165, 1.54) is 0 Å². The van der Waals surface area contributed by atoms with E-state index >= 15 is 0 Å². The lowest BCUT2D eigenvalue weighted by Crippen LogP contribution is -2.29. The van der Waals surface area contributed by atoms with E-state index in [0.717, 1.165) is 16.8 Å². The van der Waals surface area contributed by atoms with E-state index in [1.54, 1.807) is 30.6 Å². The summed E-state index contributed by atoms with van der Waals surface area (Å²) < 4.78 is 1.89. The summed E-state index contributed by atoms with van der Waals surface area (Å²) >= 11 is 0. The highest BCUT2D eigenvalue weighted by molar-refractivity contribution is 5.88. The Morgan fingerprint density at radius 1 is 0.952 bits per heavy atom. The zero-order valence-corrected chi connectivity index (χ0v) is 11.2. The van der Waals surface area contributed by atoms with Gasteiger partial charge in [0.25, 0.3) is 0 Å². The van der Waals surface area contributed by atoms with E-state index < -0.39 is 5.97 Å². The third kappa shape index (κ3) is 2.79. The summed E-state index contributed by atoms with van der Waals surface area (Å²) in [5, 5.41) is 9.03. The normalized spacial score (nSPS) is 10.3. The Morgan fingerprint density at radius 2 is 1.62 bits per heavy atom. The Morgan fingerprint density at radius 3 is 2.29 bits per heavy atom. The molecule has 0 saturated carbocycles. The van der Waals surface area contributed by atoms with Crippen LogP contribution in [-0.2, 0) is 0 Å². The van der Waals surface area contributed by atoms with Gasteiger partial charge in [0.2, 0.25) is 5.69 Å². The predicted molar refractivity (Wildman–Crippen MR) is 78.2 cm³/mol. The van der Waals surface area contributed by atoms with Gasteiger partial charge in [0.05, 0.1) is 5.56 Å².